The largest absolute Gasteiger partial charge is 0.469 e. The predicted molar refractivity (Wildman–Crippen MR) is 102 cm³/mol. The molecule has 0 aromatic carbocycles. The van der Waals surface area contributed by atoms with Gasteiger partial charge in [-0.3, -0.25) is 4.79 Å². The van der Waals surface area contributed by atoms with Crippen molar-refractivity contribution < 1.29 is 14.6 Å². The van der Waals surface area contributed by atoms with E-state index in [0.717, 1.165) is 37.0 Å². The van der Waals surface area contributed by atoms with Crippen LogP contribution < -0.4 is 0 Å². The monoisotopic (exact) mass is 360 g/mol. The number of hydrogen-bond donors (Lipinski definition) is 1. The Morgan fingerprint density at radius 2 is 2.04 bits per heavy atom. The highest BCUT2D eigenvalue weighted by molar-refractivity contribution is 5.69. The van der Waals surface area contributed by atoms with E-state index in [4.69, 9.17) is 4.74 Å². The van der Waals surface area contributed by atoms with E-state index >= 15 is 0 Å². The molecule has 3 unspecified atom stereocenters. The van der Waals surface area contributed by atoms with Crippen molar-refractivity contribution in [2.45, 2.75) is 84.2 Å². The van der Waals surface area contributed by atoms with E-state index in [0.29, 0.717) is 23.2 Å². The average Bonchev–Trinajstić information content (AvgIpc) is 2.97. The summed E-state index contributed by atoms with van der Waals surface area (Å²) in [6, 6.07) is 0. The summed E-state index contributed by atoms with van der Waals surface area (Å²) in [7, 11) is 1.50. The molecule has 146 valence electrons. The Morgan fingerprint density at radius 1 is 1.23 bits per heavy atom. The van der Waals surface area contributed by atoms with Gasteiger partial charge in [0.15, 0.2) is 0 Å². The van der Waals surface area contributed by atoms with E-state index in [-0.39, 0.29) is 12.1 Å². The molecule has 3 nitrogen and oxygen atoms in total. The van der Waals surface area contributed by atoms with Crippen LogP contribution in [0.5, 0.6) is 0 Å². The third-order valence-corrected chi connectivity index (χ3v) is 8.93. The van der Waals surface area contributed by atoms with Crippen molar-refractivity contribution in [2.24, 2.45) is 34.5 Å². The van der Waals surface area contributed by atoms with E-state index in [2.05, 4.69) is 19.9 Å². The second-order valence-electron chi connectivity index (χ2n) is 10.2. The van der Waals surface area contributed by atoms with Gasteiger partial charge in [-0.25, -0.2) is 0 Å². The molecule has 0 heterocycles. The van der Waals surface area contributed by atoms with E-state index in [1.54, 1.807) is 5.57 Å². The van der Waals surface area contributed by atoms with Crippen LogP contribution in [0.15, 0.2) is 11.6 Å². The summed E-state index contributed by atoms with van der Waals surface area (Å²) in [5.74, 6) is 3.11. The lowest BCUT2D eigenvalue weighted by atomic mass is 9.47. The molecule has 3 saturated carbocycles. The molecule has 4 aliphatic carbocycles. The number of fused-ring (bicyclic) bond motifs is 5. The van der Waals surface area contributed by atoms with Gasteiger partial charge < -0.3 is 9.84 Å². The van der Waals surface area contributed by atoms with Gasteiger partial charge >= 0.3 is 5.97 Å². The number of esters is 1. The number of allylic oxidation sites excluding steroid dienone is 1. The lowest BCUT2D eigenvalue weighted by Crippen LogP contribution is -2.49. The van der Waals surface area contributed by atoms with Crippen molar-refractivity contribution in [3.8, 4) is 0 Å². The van der Waals surface area contributed by atoms with Crippen LogP contribution in [0, 0.1) is 34.5 Å². The number of methoxy groups -OCH3 is 1. The molecular weight excluding hydrogens is 324 g/mol. The fourth-order valence-electron chi connectivity index (χ4n) is 7.56. The standard InChI is InChI=1S/C23H36O3/c1-22-10-9-19-18(6-5-16-13-17(24)8-11-23(16,19)2)20(22)12-15(14-22)4-7-21(25)26-3/h13,15,17-20,24H,4-12,14H2,1-3H3/t15-,17+,18?,19?,20?,22-,23+/m1/s1. The molecule has 4 rings (SSSR count). The SMILES string of the molecule is COC(=O)CC[C@@H]1CC2C3CCC4=C[C@@H](O)CC[C@]4(C)C3CC[C@]2(C)C1. The van der Waals surface area contributed by atoms with Gasteiger partial charge in [0.25, 0.3) is 0 Å². The van der Waals surface area contributed by atoms with Crippen LogP contribution in [0.4, 0.5) is 0 Å². The number of aliphatic hydroxyl groups excluding tert-OH is 1. The molecule has 0 saturated heterocycles. The summed E-state index contributed by atoms with van der Waals surface area (Å²) in [5, 5.41) is 10.1. The molecule has 3 fully saturated rings. The zero-order chi connectivity index (χ0) is 18.5. The van der Waals surface area contributed by atoms with E-state index in [1.165, 1.54) is 45.6 Å². The van der Waals surface area contributed by atoms with Crippen LogP contribution >= 0.6 is 0 Å². The molecule has 0 amide bonds. The van der Waals surface area contributed by atoms with E-state index in [1.807, 2.05) is 0 Å². The fraction of sp³-hybridized carbons (Fsp3) is 0.870. The maximum atomic E-state index is 11.6. The van der Waals surface area contributed by atoms with E-state index < -0.39 is 0 Å². The van der Waals surface area contributed by atoms with Gasteiger partial charge in [-0.15, -0.1) is 0 Å². The smallest absolute Gasteiger partial charge is 0.305 e. The molecule has 0 aliphatic heterocycles. The van der Waals surface area contributed by atoms with Crippen LogP contribution in [0.2, 0.25) is 0 Å². The highest BCUT2D eigenvalue weighted by Gasteiger charge is 2.57. The number of aliphatic hydroxyl groups is 1. The minimum atomic E-state index is -0.210. The normalized spacial score (nSPS) is 47.4. The van der Waals surface area contributed by atoms with Gasteiger partial charge in [-0.1, -0.05) is 25.5 Å². The first-order chi connectivity index (χ1) is 12.4. The molecule has 7 atom stereocenters. The van der Waals surface area contributed by atoms with Crippen molar-refractivity contribution in [3.05, 3.63) is 11.6 Å². The van der Waals surface area contributed by atoms with Crippen molar-refractivity contribution in [2.75, 3.05) is 7.11 Å². The number of rotatable bonds is 3. The lowest BCUT2D eigenvalue weighted by Gasteiger charge is -2.57. The summed E-state index contributed by atoms with van der Waals surface area (Å²) in [6.07, 6.45) is 13.5. The molecule has 0 aromatic heterocycles. The quantitative estimate of drug-likeness (QED) is 0.576. The third kappa shape index (κ3) is 2.95. The first-order valence-electron chi connectivity index (χ1n) is 10.8. The Bertz CT molecular complexity index is 596. The molecular formula is C23H36O3. The molecule has 26 heavy (non-hydrogen) atoms. The summed E-state index contributed by atoms with van der Waals surface area (Å²) in [5.41, 5.74) is 2.36. The highest BCUT2D eigenvalue weighted by Crippen LogP contribution is 2.66. The molecule has 0 radical (unpaired) electrons. The Balaban J connectivity index is 1.51. The zero-order valence-electron chi connectivity index (χ0n) is 16.8. The summed E-state index contributed by atoms with van der Waals surface area (Å²) in [4.78, 5) is 11.6. The van der Waals surface area contributed by atoms with Gasteiger partial charge in [-0.05, 0) is 92.3 Å². The number of hydrogen-bond acceptors (Lipinski definition) is 3. The van der Waals surface area contributed by atoms with Gasteiger partial charge in [0.05, 0.1) is 13.2 Å². The van der Waals surface area contributed by atoms with Gasteiger partial charge in [0.2, 0.25) is 0 Å². The molecule has 0 spiro atoms. The second-order valence-corrected chi connectivity index (χ2v) is 10.2. The van der Waals surface area contributed by atoms with Crippen LogP contribution in [-0.4, -0.2) is 24.3 Å². The molecule has 4 aliphatic rings. The van der Waals surface area contributed by atoms with Crippen molar-refractivity contribution in [1.29, 1.82) is 0 Å². The van der Waals surface area contributed by atoms with Crippen LogP contribution in [-0.2, 0) is 9.53 Å². The average molecular weight is 361 g/mol. The summed E-state index contributed by atoms with van der Waals surface area (Å²) < 4.78 is 4.86. The Kier molecular flexibility index (Phi) is 4.74. The van der Waals surface area contributed by atoms with Gasteiger partial charge in [0, 0.05) is 6.42 Å². The second kappa shape index (κ2) is 6.65. The first-order valence-corrected chi connectivity index (χ1v) is 10.8. The minimum Gasteiger partial charge on any atom is -0.469 e. The molecule has 1 N–H and O–H groups in total. The fourth-order valence-corrected chi connectivity index (χ4v) is 7.56. The number of ether oxygens (including phenoxy) is 1. The molecule has 3 heteroatoms. The first kappa shape index (κ1) is 18.5. The third-order valence-electron chi connectivity index (χ3n) is 8.93. The van der Waals surface area contributed by atoms with Crippen molar-refractivity contribution >= 4 is 5.97 Å². The Hall–Kier alpha value is -0.830. The van der Waals surface area contributed by atoms with Gasteiger partial charge in [0.1, 0.15) is 0 Å². The Labute approximate surface area is 158 Å². The highest BCUT2D eigenvalue weighted by atomic mass is 16.5. The van der Waals surface area contributed by atoms with Crippen LogP contribution in [0.1, 0.15) is 78.1 Å². The molecule has 0 aromatic rings. The molecule has 0 bridgehead atoms. The zero-order valence-corrected chi connectivity index (χ0v) is 16.8. The van der Waals surface area contributed by atoms with Crippen LogP contribution in [0.25, 0.3) is 0 Å². The lowest BCUT2D eigenvalue weighted by molar-refractivity contribution is -0.140. The summed E-state index contributed by atoms with van der Waals surface area (Å²) >= 11 is 0. The maximum Gasteiger partial charge on any atom is 0.305 e. The number of carbonyl (C=O) groups is 1. The number of carbonyl (C=O) groups excluding carboxylic acids is 1. The van der Waals surface area contributed by atoms with Crippen molar-refractivity contribution in [3.63, 3.8) is 0 Å². The minimum absolute atomic E-state index is 0.0522. The predicted octanol–water partition coefficient (Wildman–Crippen LogP) is 4.88. The van der Waals surface area contributed by atoms with Crippen LogP contribution in [0.3, 0.4) is 0 Å². The van der Waals surface area contributed by atoms with E-state index in [9.17, 15) is 9.90 Å². The summed E-state index contributed by atoms with van der Waals surface area (Å²) in [6.45, 7) is 5.03. The topological polar surface area (TPSA) is 46.5 Å². The van der Waals surface area contributed by atoms with Gasteiger partial charge in [-0.2, -0.15) is 0 Å². The van der Waals surface area contributed by atoms with Crippen molar-refractivity contribution in [1.82, 2.24) is 0 Å². The Morgan fingerprint density at radius 3 is 2.81 bits per heavy atom. The maximum absolute atomic E-state index is 11.6.